The van der Waals surface area contributed by atoms with E-state index in [0.29, 0.717) is 6.42 Å². The van der Waals surface area contributed by atoms with Crippen molar-refractivity contribution in [2.24, 2.45) is 0 Å². The monoisotopic (exact) mass is 391 g/mol. The highest BCUT2D eigenvalue weighted by Gasteiger charge is 2.34. The molecule has 0 aliphatic heterocycles. The van der Waals surface area contributed by atoms with Crippen molar-refractivity contribution in [2.75, 3.05) is 6.61 Å². The lowest BCUT2D eigenvalue weighted by molar-refractivity contribution is 0.136. The van der Waals surface area contributed by atoms with Gasteiger partial charge in [0.25, 0.3) is 0 Å². The van der Waals surface area contributed by atoms with Crippen LogP contribution in [0.25, 0.3) is 0 Å². The first kappa shape index (κ1) is 21.2. The molecule has 0 heterocycles. The van der Waals surface area contributed by atoms with Gasteiger partial charge in [-0.25, -0.2) is 4.79 Å². The largest absolute Gasteiger partial charge is 0.445 e. The Kier molecular flexibility index (Phi) is 8.52. The first-order valence-electron chi connectivity index (χ1n) is 8.99. The van der Waals surface area contributed by atoms with Crippen LogP contribution in [-0.2, 0) is 26.9 Å². The second kappa shape index (κ2) is 10.9. The molecule has 1 unspecified atom stereocenters. The number of unbranched alkanes of at least 4 members (excludes halogenated alkanes) is 1. The summed E-state index contributed by atoms with van der Waals surface area (Å²) in [7, 11) is -4.06. The molecule has 2 N–H and O–H groups in total. The van der Waals surface area contributed by atoms with E-state index < -0.39 is 19.5 Å². The number of hydrogen-bond donors (Lipinski definition) is 2. The van der Waals surface area contributed by atoms with E-state index in [-0.39, 0.29) is 19.6 Å². The van der Waals surface area contributed by atoms with E-state index in [1.807, 2.05) is 67.6 Å². The molecule has 0 radical (unpaired) electrons. The number of amides is 1. The zero-order valence-corrected chi connectivity index (χ0v) is 16.3. The Labute approximate surface area is 160 Å². The maximum Gasteiger partial charge on any atom is 0.408 e. The summed E-state index contributed by atoms with van der Waals surface area (Å²) in [4.78, 5) is 22.5. The Morgan fingerprint density at radius 1 is 1.07 bits per heavy atom. The Morgan fingerprint density at radius 2 is 1.67 bits per heavy atom. The summed E-state index contributed by atoms with van der Waals surface area (Å²) in [6.45, 7) is 2.21. The molecule has 146 valence electrons. The molecule has 27 heavy (non-hydrogen) atoms. The van der Waals surface area contributed by atoms with Crippen molar-refractivity contribution in [3.05, 3.63) is 71.8 Å². The van der Waals surface area contributed by atoms with Gasteiger partial charge >= 0.3 is 13.7 Å². The fourth-order valence-electron chi connectivity index (χ4n) is 2.42. The van der Waals surface area contributed by atoms with E-state index >= 15 is 0 Å². The molecule has 0 saturated heterocycles. The molecular weight excluding hydrogens is 365 g/mol. The van der Waals surface area contributed by atoms with E-state index in [1.54, 1.807) is 0 Å². The van der Waals surface area contributed by atoms with Crippen molar-refractivity contribution >= 4 is 13.7 Å². The lowest BCUT2D eigenvalue weighted by Gasteiger charge is -2.23. The van der Waals surface area contributed by atoms with Gasteiger partial charge in [0.15, 0.2) is 0 Å². The van der Waals surface area contributed by atoms with Gasteiger partial charge in [-0.05, 0) is 17.5 Å². The van der Waals surface area contributed by atoms with Gasteiger partial charge in [-0.15, -0.1) is 0 Å². The normalized spacial score (nSPS) is 14.1. The number of hydrogen-bond acceptors (Lipinski definition) is 4. The molecule has 0 saturated carbocycles. The summed E-state index contributed by atoms with van der Waals surface area (Å²) in [6.07, 6.45) is 0.922. The molecule has 0 aliphatic rings. The van der Waals surface area contributed by atoms with Crippen LogP contribution in [-0.4, -0.2) is 23.4 Å². The average molecular weight is 391 g/mol. The fourth-order valence-corrected chi connectivity index (χ4v) is 3.70. The second-order valence-corrected chi connectivity index (χ2v) is 8.17. The van der Waals surface area contributed by atoms with Crippen LogP contribution in [0.2, 0.25) is 0 Å². The van der Waals surface area contributed by atoms with Crippen LogP contribution in [0.5, 0.6) is 0 Å². The summed E-state index contributed by atoms with van der Waals surface area (Å²) >= 11 is 0. The standard InChI is InChI=1S/C20H26NO5P/c1-2-3-14-26-27(23,24)19(15-17-10-6-4-7-11-17)21-20(22)25-16-18-12-8-5-9-13-18/h4-13,19H,2-3,14-16H2,1H3,(H,21,22)(H,23,24)/t19-/m1/s1. The van der Waals surface area contributed by atoms with Crippen molar-refractivity contribution in [3.63, 3.8) is 0 Å². The lowest BCUT2D eigenvalue weighted by atomic mass is 10.1. The van der Waals surface area contributed by atoms with Crippen molar-refractivity contribution < 1.29 is 23.5 Å². The Balaban J connectivity index is 2.01. The number of benzene rings is 2. The molecule has 6 nitrogen and oxygen atoms in total. The van der Waals surface area contributed by atoms with E-state index in [9.17, 15) is 14.3 Å². The molecule has 0 fully saturated rings. The molecule has 0 aliphatic carbocycles. The predicted molar refractivity (Wildman–Crippen MR) is 104 cm³/mol. The molecule has 0 spiro atoms. The van der Waals surface area contributed by atoms with Gasteiger partial charge in [-0.3, -0.25) is 4.57 Å². The third-order valence-corrected chi connectivity index (χ3v) is 5.59. The number of nitrogens with one attached hydrogen (secondary N) is 1. The number of carbonyl (C=O) groups excluding carboxylic acids is 1. The minimum atomic E-state index is -4.06. The quantitative estimate of drug-likeness (QED) is 0.461. The molecule has 2 rings (SSSR count). The average Bonchev–Trinajstić information content (AvgIpc) is 2.67. The van der Waals surface area contributed by atoms with Crippen molar-refractivity contribution in [1.29, 1.82) is 0 Å². The molecule has 2 atom stereocenters. The maximum absolute atomic E-state index is 12.7. The van der Waals surface area contributed by atoms with Gasteiger partial charge in [-0.2, -0.15) is 0 Å². The van der Waals surface area contributed by atoms with Crippen LogP contribution >= 0.6 is 7.60 Å². The molecular formula is C20H26NO5P. The Hall–Kier alpha value is -2.14. The van der Waals surface area contributed by atoms with Crippen LogP contribution in [0, 0.1) is 0 Å². The van der Waals surface area contributed by atoms with Crippen LogP contribution in [0.4, 0.5) is 4.79 Å². The molecule has 2 aromatic carbocycles. The minimum Gasteiger partial charge on any atom is -0.445 e. The summed E-state index contributed by atoms with van der Waals surface area (Å²) in [5, 5.41) is 2.50. The molecule has 1 amide bonds. The van der Waals surface area contributed by atoms with Gasteiger partial charge in [0.2, 0.25) is 0 Å². The third-order valence-electron chi connectivity index (χ3n) is 3.94. The summed E-state index contributed by atoms with van der Waals surface area (Å²) in [5.41, 5.74) is 1.65. The minimum absolute atomic E-state index is 0.0805. The zero-order valence-electron chi connectivity index (χ0n) is 15.4. The van der Waals surface area contributed by atoms with Crippen LogP contribution in [0.3, 0.4) is 0 Å². The van der Waals surface area contributed by atoms with Gasteiger partial charge < -0.3 is 19.5 Å². The smallest absolute Gasteiger partial charge is 0.408 e. The van der Waals surface area contributed by atoms with Gasteiger partial charge in [-0.1, -0.05) is 74.0 Å². The first-order chi connectivity index (χ1) is 13.0. The SMILES string of the molecule is CCCCOP(=O)(O)[C@H](Cc1ccccc1)NC(=O)OCc1ccccc1. The Morgan fingerprint density at radius 3 is 2.26 bits per heavy atom. The second-order valence-electron chi connectivity index (χ2n) is 6.16. The maximum atomic E-state index is 12.7. The highest BCUT2D eigenvalue weighted by Crippen LogP contribution is 2.47. The molecule has 7 heteroatoms. The molecule has 0 bridgehead atoms. The van der Waals surface area contributed by atoms with Crippen LogP contribution in [0.1, 0.15) is 30.9 Å². The lowest BCUT2D eigenvalue weighted by Crippen LogP contribution is -2.37. The fraction of sp³-hybridized carbons (Fsp3) is 0.350. The van der Waals surface area contributed by atoms with Gasteiger partial charge in [0.1, 0.15) is 12.4 Å². The van der Waals surface area contributed by atoms with Crippen molar-refractivity contribution in [3.8, 4) is 0 Å². The van der Waals surface area contributed by atoms with E-state index in [1.165, 1.54) is 0 Å². The van der Waals surface area contributed by atoms with Crippen molar-refractivity contribution in [2.45, 2.75) is 38.6 Å². The highest BCUT2D eigenvalue weighted by atomic mass is 31.2. The summed E-state index contributed by atoms with van der Waals surface area (Å²) in [5.74, 6) is -1.08. The predicted octanol–water partition coefficient (Wildman–Crippen LogP) is 4.48. The van der Waals surface area contributed by atoms with E-state index in [0.717, 1.165) is 17.5 Å². The molecule has 0 aromatic heterocycles. The van der Waals surface area contributed by atoms with E-state index in [4.69, 9.17) is 9.26 Å². The van der Waals surface area contributed by atoms with Crippen molar-refractivity contribution in [1.82, 2.24) is 5.32 Å². The van der Waals surface area contributed by atoms with Crippen LogP contribution < -0.4 is 5.32 Å². The number of carbonyl (C=O) groups is 1. The third kappa shape index (κ3) is 7.55. The Bertz CT molecular complexity index is 739. The molecule has 2 aromatic rings. The number of ether oxygens (including phenoxy) is 1. The van der Waals surface area contributed by atoms with Crippen LogP contribution in [0.15, 0.2) is 60.7 Å². The number of alkyl carbamates (subject to hydrolysis) is 1. The summed E-state index contributed by atoms with van der Waals surface area (Å²) in [6, 6.07) is 18.4. The summed E-state index contributed by atoms with van der Waals surface area (Å²) < 4.78 is 23.1. The first-order valence-corrected chi connectivity index (χ1v) is 10.6. The highest BCUT2D eigenvalue weighted by molar-refractivity contribution is 7.53. The zero-order chi connectivity index (χ0) is 19.5. The van der Waals surface area contributed by atoms with Gasteiger partial charge in [0, 0.05) is 6.42 Å². The van der Waals surface area contributed by atoms with E-state index in [2.05, 4.69) is 5.32 Å². The topological polar surface area (TPSA) is 84.9 Å². The van der Waals surface area contributed by atoms with Gasteiger partial charge in [0.05, 0.1) is 6.61 Å². The number of rotatable bonds is 10.